The van der Waals surface area contributed by atoms with Crippen molar-refractivity contribution < 1.29 is 4.74 Å². The maximum atomic E-state index is 6.13. The minimum Gasteiger partial charge on any atom is -0.384 e. The molecule has 2 heteroatoms. The molecule has 0 aliphatic rings. The zero-order valence-corrected chi connectivity index (χ0v) is 8.77. The number of benzene rings is 1. The van der Waals surface area contributed by atoms with Gasteiger partial charge in [-0.3, -0.25) is 0 Å². The van der Waals surface area contributed by atoms with Gasteiger partial charge < -0.3 is 4.74 Å². The Labute approximate surface area is 84.7 Å². The van der Waals surface area contributed by atoms with E-state index in [1.807, 2.05) is 25.1 Å². The second-order valence-corrected chi connectivity index (χ2v) is 3.51. The topological polar surface area (TPSA) is 9.23 Å². The Balaban J connectivity index is 2.93. The van der Waals surface area contributed by atoms with Crippen LogP contribution in [0.4, 0.5) is 0 Å². The summed E-state index contributed by atoms with van der Waals surface area (Å²) >= 11 is 6.13. The Hall–Kier alpha value is -0.530. The first-order chi connectivity index (χ1) is 6.16. The van der Waals surface area contributed by atoms with Crippen molar-refractivity contribution in [2.24, 2.45) is 0 Å². The van der Waals surface area contributed by atoms with Gasteiger partial charge in [-0.05, 0) is 25.0 Å². The quantitative estimate of drug-likeness (QED) is 0.723. The standard InChI is InChI=1S/C11H14ClO/c1-8-5-4-6-10(11(8)12)9(2)7-13-3/h4-6,9H,2,7H2,1,3H3. The molecule has 0 saturated heterocycles. The summed E-state index contributed by atoms with van der Waals surface area (Å²) in [5.41, 5.74) is 2.15. The molecule has 0 aromatic heterocycles. The number of aryl methyl sites for hydroxylation is 1. The predicted molar refractivity (Wildman–Crippen MR) is 56.2 cm³/mol. The van der Waals surface area contributed by atoms with Gasteiger partial charge in [0.15, 0.2) is 0 Å². The van der Waals surface area contributed by atoms with Gasteiger partial charge in [0.2, 0.25) is 0 Å². The van der Waals surface area contributed by atoms with Gasteiger partial charge in [-0.1, -0.05) is 29.8 Å². The summed E-state index contributed by atoms with van der Waals surface area (Å²) in [5.74, 6) is 0.109. The summed E-state index contributed by atoms with van der Waals surface area (Å²) < 4.78 is 5.03. The normalized spacial score (nSPS) is 12.9. The molecular formula is C11H14ClO. The van der Waals surface area contributed by atoms with Crippen molar-refractivity contribution in [2.75, 3.05) is 13.7 Å². The number of rotatable bonds is 3. The summed E-state index contributed by atoms with van der Waals surface area (Å²) in [6.45, 7) is 6.58. The lowest BCUT2D eigenvalue weighted by Gasteiger charge is -2.13. The summed E-state index contributed by atoms with van der Waals surface area (Å²) in [6, 6.07) is 5.97. The van der Waals surface area contributed by atoms with Crippen molar-refractivity contribution in [3.8, 4) is 0 Å². The van der Waals surface area contributed by atoms with Crippen molar-refractivity contribution >= 4 is 11.6 Å². The zero-order chi connectivity index (χ0) is 9.84. The molecular weight excluding hydrogens is 184 g/mol. The maximum absolute atomic E-state index is 6.13. The average molecular weight is 198 g/mol. The molecule has 1 aromatic carbocycles. The van der Waals surface area contributed by atoms with E-state index < -0.39 is 0 Å². The molecule has 1 unspecified atom stereocenters. The van der Waals surface area contributed by atoms with E-state index >= 15 is 0 Å². The smallest absolute Gasteiger partial charge is 0.0531 e. The number of hydrogen-bond donors (Lipinski definition) is 0. The van der Waals surface area contributed by atoms with Gasteiger partial charge in [0.1, 0.15) is 0 Å². The molecule has 71 valence electrons. The number of hydrogen-bond acceptors (Lipinski definition) is 1. The first kappa shape index (κ1) is 10.6. The Morgan fingerprint density at radius 3 is 2.85 bits per heavy atom. The van der Waals surface area contributed by atoms with Crippen LogP contribution in [0.3, 0.4) is 0 Å². The summed E-state index contributed by atoms with van der Waals surface area (Å²) in [6.07, 6.45) is 0. The zero-order valence-electron chi connectivity index (χ0n) is 8.01. The van der Waals surface area contributed by atoms with Crippen LogP contribution in [0.25, 0.3) is 0 Å². The van der Waals surface area contributed by atoms with E-state index in [1.165, 1.54) is 0 Å². The molecule has 0 N–H and O–H groups in total. The number of halogens is 1. The first-order valence-electron chi connectivity index (χ1n) is 4.24. The number of ether oxygens (including phenoxy) is 1. The second kappa shape index (κ2) is 4.64. The van der Waals surface area contributed by atoms with Gasteiger partial charge in [0.05, 0.1) is 6.61 Å². The van der Waals surface area contributed by atoms with E-state index in [0.717, 1.165) is 16.1 Å². The molecule has 0 fully saturated rings. The Morgan fingerprint density at radius 2 is 2.23 bits per heavy atom. The third kappa shape index (κ3) is 2.45. The van der Waals surface area contributed by atoms with Crippen molar-refractivity contribution in [1.82, 2.24) is 0 Å². The van der Waals surface area contributed by atoms with Crippen LogP contribution in [0.5, 0.6) is 0 Å². The van der Waals surface area contributed by atoms with Crippen LogP contribution in [0.1, 0.15) is 17.0 Å². The van der Waals surface area contributed by atoms with Crippen molar-refractivity contribution in [3.05, 3.63) is 41.3 Å². The van der Waals surface area contributed by atoms with Gasteiger partial charge in [0, 0.05) is 18.1 Å². The van der Waals surface area contributed by atoms with Crippen LogP contribution in [-0.4, -0.2) is 13.7 Å². The van der Waals surface area contributed by atoms with E-state index in [9.17, 15) is 0 Å². The van der Waals surface area contributed by atoms with E-state index in [0.29, 0.717) is 6.61 Å². The SMILES string of the molecule is [CH2]C(COC)c1cccc(C)c1Cl. The van der Waals surface area contributed by atoms with Crippen LogP contribution in [-0.2, 0) is 4.74 Å². The van der Waals surface area contributed by atoms with Crippen LogP contribution in [0.15, 0.2) is 18.2 Å². The lowest BCUT2D eigenvalue weighted by atomic mass is 10.00. The highest BCUT2D eigenvalue weighted by Gasteiger charge is 2.10. The fourth-order valence-corrected chi connectivity index (χ4v) is 1.56. The molecule has 1 rings (SSSR count). The largest absolute Gasteiger partial charge is 0.384 e. The van der Waals surface area contributed by atoms with Gasteiger partial charge >= 0.3 is 0 Å². The molecule has 0 aliphatic carbocycles. The van der Waals surface area contributed by atoms with E-state index in [1.54, 1.807) is 7.11 Å². The van der Waals surface area contributed by atoms with Crippen LogP contribution in [0, 0.1) is 13.8 Å². The molecule has 0 bridgehead atoms. The summed E-state index contributed by atoms with van der Waals surface area (Å²) in [7, 11) is 1.67. The molecule has 1 aromatic rings. The fourth-order valence-electron chi connectivity index (χ4n) is 1.28. The maximum Gasteiger partial charge on any atom is 0.0531 e. The van der Waals surface area contributed by atoms with Crippen LogP contribution < -0.4 is 0 Å². The predicted octanol–water partition coefficient (Wildman–Crippen LogP) is 3.21. The summed E-state index contributed by atoms with van der Waals surface area (Å²) in [5, 5.41) is 0.805. The van der Waals surface area contributed by atoms with Crippen LogP contribution >= 0.6 is 11.6 Å². The molecule has 1 nitrogen and oxygen atoms in total. The van der Waals surface area contributed by atoms with E-state index in [-0.39, 0.29) is 5.92 Å². The highest BCUT2D eigenvalue weighted by atomic mass is 35.5. The van der Waals surface area contributed by atoms with Gasteiger partial charge in [-0.15, -0.1) is 0 Å². The third-order valence-electron chi connectivity index (χ3n) is 2.03. The highest BCUT2D eigenvalue weighted by molar-refractivity contribution is 6.32. The Bertz CT molecular complexity index is 283. The molecule has 0 heterocycles. The van der Waals surface area contributed by atoms with Crippen molar-refractivity contribution in [1.29, 1.82) is 0 Å². The summed E-state index contributed by atoms with van der Waals surface area (Å²) in [4.78, 5) is 0. The molecule has 1 radical (unpaired) electrons. The molecule has 1 atom stereocenters. The fraction of sp³-hybridized carbons (Fsp3) is 0.364. The van der Waals surface area contributed by atoms with Gasteiger partial charge in [0.25, 0.3) is 0 Å². The lowest BCUT2D eigenvalue weighted by molar-refractivity contribution is 0.190. The second-order valence-electron chi connectivity index (χ2n) is 3.13. The van der Waals surface area contributed by atoms with Gasteiger partial charge in [-0.2, -0.15) is 0 Å². The first-order valence-corrected chi connectivity index (χ1v) is 4.61. The van der Waals surface area contributed by atoms with Crippen LogP contribution in [0.2, 0.25) is 5.02 Å². The monoisotopic (exact) mass is 197 g/mol. The van der Waals surface area contributed by atoms with Crippen molar-refractivity contribution in [2.45, 2.75) is 12.8 Å². The van der Waals surface area contributed by atoms with E-state index in [4.69, 9.17) is 16.3 Å². The van der Waals surface area contributed by atoms with E-state index in [2.05, 4.69) is 6.92 Å². The molecule has 0 amide bonds. The minimum atomic E-state index is 0.109. The molecule has 0 spiro atoms. The Morgan fingerprint density at radius 1 is 1.54 bits per heavy atom. The number of methoxy groups -OCH3 is 1. The third-order valence-corrected chi connectivity index (χ3v) is 2.55. The molecule has 0 aliphatic heterocycles. The van der Waals surface area contributed by atoms with Gasteiger partial charge in [-0.25, -0.2) is 0 Å². The highest BCUT2D eigenvalue weighted by Crippen LogP contribution is 2.26. The Kier molecular flexibility index (Phi) is 3.76. The molecule has 0 saturated carbocycles. The average Bonchev–Trinajstić information content (AvgIpc) is 2.10. The molecule has 13 heavy (non-hydrogen) atoms. The lowest BCUT2D eigenvalue weighted by Crippen LogP contribution is -2.03. The minimum absolute atomic E-state index is 0.109. The van der Waals surface area contributed by atoms with Crippen molar-refractivity contribution in [3.63, 3.8) is 0 Å².